The van der Waals surface area contributed by atoms with Crippen LogP contribution in [0.15, 0.2) is 42.5 Å². The Labute approximate surface area is 108 Å². The minimum Gasteiger partial charge on any atom is -0.289 e. The lowest BCUT2D eigenvalue weighted by Gasteiger charge is -2.05. The van der Waals surface area contributed by atoms with Gasteiger partial charge in [0.1, 0.15) is 0 Å². The fourth-order valence-corrected chi connectivity index (χ4v) is 1.79. The molecule has 0 atom stereocenters. The largest absolute Gasteiger partial charge is 0.305 e. The standard InChI is InChI=1S/C14H10FNO3/c1-9-7-12(15)13(16(18)19)8-11(9)14(17)10-5-3-2-4-6-10/h2-8H,1H3. The quantitative estimate of drug-likeness (QED) is 0.483. The van der Waals surface area contributed by atoms with E-state index in [4.69, 9.17) is 0 Å². The van der Waals surface area contributed by atoms with Crippen LogP contribution in [0.1, 0.15) is 21.5 Å². The first kappa shape index (κ1) is 12.9. The summed E-state index contributed by atoms with van der Waals surface area (Å²) in [6.45, 7) is 1.54. The van der Waals surface area contributed by atoms with Gasteiger partial charge in [-0.3, -0.25) is 14.9 Å². The van der Waals surface area contributed by atoms with E-state index in [0.29, 0.717) is 11.1 Å². The highest BCUT2D eigenvalue weighted by molar-refractivity contribution is 6.10. The van der Waals surface area contributed by atoms with Crippen molar-refractivity contribution in [3.05, 3.63) is 75.1 Å². The van der Waals surface area contributed by atoms with Crippen molar-refractivity contribution >= 4 is 11.5 Å². The third-order valence-electron chi connectivity index (χ3n) is 2.77. The molecule has 0 radical (unpaired) electrons. The highest BCUT2D eigenvalue weighted by Gasteiger charge is 2.20. The fraction of sp³-hybridized carbons (Fsp3) is 0.0714. The van der Waals surface area contributed by atoms with E-state index in [2.05, 4.69) is 0 Å². The number of nitrogens with zero attached hydrogens (tertiary/aromatic N) is 1. The van der Waals surface area contributed by atoms with E-state index < -0.39 is 16.4 Å². The lowest BCUT2D eigenvalue weighted by atomic mass is 9.98. The number of nitro groups is 1. The summed E-state index contributed by atoms with van der Waals surface area (Å²) >= 11 is 0. The van der Waals surface area contributed by atoms with E-state index in [1.807, 2.05) is 0 Å². The van der Waals surface area contributed by atoms with Crippen molar-refractivity contribution in [1.82, 2.24) is 0 Å². The van der Waals surface area contributed by atoms with Gasteiger partial charge in [-0.2, -0.15) is 4.39 Å². The molecule has 0 saturated heterocycles. The maximum absolute atomic E-state index is 13.4. The van der Waals surface area contributed by atoms with Gasteiger partial charge >= 0.3 is 5.69 Å². The van der Waals surface area contributed by atoms with Crippen molar-refractivity contribution in [3.63, 3.8) is 0 Å². The molecule has 2 rings (SSSR count). The maximum atomic E-state index is 13.4. The summed E-state index contributed by atoms with van der Waals surface area (Å²) in [6.07, 6.45) is 0. The van der Waals surface area contributed by atoms with Gasteiger partial charge in [0.05, 0.1) is 4.92 Å². The van der Waals surface area contributed by atoms with Gasteiger partial charge in [-0.05, 0) is 18.6 Å². The number of carbonyl (C=O) groups excluding carboxylic acids is 1. The molecule has 0 N–H and O–H groups in total. The number of benzene rings is 2. The van der Waals surface area contributed by atoms with E-state index >= 15 is 0 Å². The highest BCUT2D eigenvalue weighted by Crippen LogP contribution is 2.24. The van der Waals surface area contributed by atoms with E-state index in [-0.39, 0.29) is 11.3 Å². The van der Waals surface area contributed by atoms with Crippen LogP contribution in [0.25, 0.3) is 0 Å². The van der Waals surface area contributed by atoms with Crippen LogP contribution in [0.4, 0.5) is 10.1 Å². The monoisotopic (exact) mass is 259 g/mol. The molecular formula is C14H10FNO3. The van der Waals surface area contributed by atoms with Crippen LogP contribution in [-0.2, 0) is 0 Å². The summed E-state index contributed by atoms with van der Waals surface area (Å²) in [5, 5.41) is 10.7. The molecule has 0 fully saturated rings. The Hall–Kier alpha value is -2.56. The number of ketones is 1. The average molecular weight is 259 g/mol. The first-order valence-electron chi connectivity index (χ1n) is 5.55. The van der Waals surface area contributed by atoms with Crippen molar-refractivity contribution in [3.8, 4) is 0 Å². The van der Waals surface area contributed by atoms with Gasteiger partial charge in [-0.1, -0.05) is 30.3 Å². The zero-order chi connectivity index (χ0) is 14.0. The van der Waals surface area contributed by atoms with Crippen molar-refractivity contribution < 1.29 is 14.1 Å². The minimum absolute atomic E-state index is 0.138. The average Bonchev–Trinajstić information content (AvgIpc) is 2.38. The summed E-state index contributed by atoms with van der Waals surface area (Å²) < 4.78 is 13.4. The van der Waals surface area contributed by atoms with Crippen LogP contribution in [0, 0.1) is 22.9 Å². The summed E-state index contributed by atoms with van der Waals surface area (Å²) in [7, 11) is 0. The number of hydrogen-bond acceptors (Lipinski definition) is 3. The molecule has 19 heavy (non-hydrogen) atoms. The first-order chi connectivity index (χ1) is 9.00. The molecule has 5 heteroatoms. The highest BCUT2D eigenvalue weighted by atomic mass is 19.1. The summed E-state index contributed by atoms with van der Waals surface area (Å²) in [5.41, 5.74) is 0.229. The van der Waals surface area contributed by atoms with Crippen LogP contribution < -0.4 is 0 Å². The van der Waals surface area contributed by atoms with Gasteiger partial charge in [0, 0.05) is 17.2 Å². The van der Waals surface area contributed by atoms with Crippen LogP contribution in [0.2, 0.25) is 0 Å². The molecule has 96 valence electrons. The minimum atomic E-state index is -0.938. The molecule has 0 aromatic heterocycles. The smallest absolute Gasteiger partial charge is 0.289 e. The molecule has 0 spiro atoms. The molecule has 2 aromatic rings. The molecular weight excluding hydrogens is 249 g/mol. The Morgan fingerprint density at radius 3 is 2.42 bits per heavy atom. The molecule has 0 aliphatic heterocycles. The molecule has 0 aliphatic carbocycles. The third kappa shape index (κ3) is 2.49. The first-order valence-corrected chi connectivity index (χ1v) is 5.55. The zero-order valence-corrected chi connectivity index (χ0v) is 10.1. The summed E-state index contributed by atoms with van der Waals surface area (Å²) in [5.74, 6) is -1.30. The Balaban J connectivity index is 2.54. The number of nitro benzene ring substituents is 1. The SMILES string of the molecule is Cc1cc(F)c([N+](=O)[O-])cc1C(=O)c1ccccc1. The molecule has 0 heterocycles. The predicted molar refractivity (Wildman–Crippen MR) is 67.7 cm³/mol. The molecule has 0 aliphatic rings. The van der Waals surface area contributed by atoms with Gasteiger partial charge < -0.3 is 0 Å². The van der Waals surface area contributed by atoms with Crippen LogP contribution in [-0.4, -0.2) is 10.7 Å². The molecule has 0 bridgehead atoms. The van der Waals surface area contributed by atoms with Crippen LogP contribution >= 0.6 is 0 Å². The van der Waals surface area contributed by atoms with E-state index in [0.717, 1.165) is 12.1 Å². The van der Waals surface area contributed by atoms with Crippen molar-refractivity contribution in [2.24, 2.45) is 0 Å². The normalized spacial score (nSPS) is 10.2. The Morgan fingerprint density at radius 1 is 1.21 bits per heavy atom. The Kier molecular flexibility index (Phi) is 3.37. The van der Waals surface area contributed by atoms with Gasteiger partial charge in [0.15, 0.2) is 5.78 Å². The topological polar surface area (TPSA) is 60.2 Å². The molecule has 0 amide bonds. The van der Waals surface area contributed by atoms with Gasteiger partial charge in [-0.15, -0.1) is 0 Å². The molecule has 0 saturated carbocycles. The summed E-state index contributed by atoms with van der Waals surface area (Å²) in [6, 6.07) is 10.4. The molecule has 4 nitrogen and oxygen atoms in total. The molecule has 2 aromatic carbocycles. The Bertz CT molecular complexity index is 653. The second-order valence-corrected chi connectivity index (χ2v) is 4.07. The van der Waals surface area contributed by atoms with Gasteiger partial charge in [0.25, 0.3) is 0 Å². The van der Waals surface area contributed by atoms with Crippen molar-refractivity contribution in [1.29, 1.82) is 0 Å². The zero-order valence-electron chi connectivity index (χ0n) is 10.1. The third-order valence-corrected chi connectivity index (χ3v) is 2.77. The summed E-state index contributed by atoms with van der Waals surface area (Å²) in [4.78, 5) is 22.1. The lowest BCUT2D eigenvalue weighted by molar-refractivity contribution is -0.387. The number of halogens is 1. The van der Waals surface area contributed by atoms with Gasteiger partial charge in [-0.25, -0.2) is 0 Å². The number of hydrogen-bond donors (Lipinski definition) is 0. The maximum Gasteiger partial charge on any atom is 0.305 e. The molecule has 0 unspecified atom stereocenters. The number of aryl methyl sites for hydroxylation is 1. The van der Waals surface area contributed by atoms with Gasteiger partial charge in [0.2, 0.25) is 5.82 Å². The predicted octanol–water partition coefficient (Wildman–Crippen LogP) is 3.27. The van der Waals surface area contributed by atoms with Crippen LogP contribution in [0.5, 0.6) is 0 Å². The van der Waals surface area contributed by atoms with Crippen molar-refractivity contribution in [2.45, 2.75) is 6.92 Å². The number of carbonyl (C=O) groups is 1. The van der Waals surface area contributed by atoms with E-state index in [1.54, 1.807) is 37.3 Å². The number of rotatable bonds is 3. The second-order valence-electron chi connectivity index (χ2n) is 4.07. The Morgan fingerprint density at radius 2 is 1.84 bits per heavy atom. The second kappa shape index (κ2) is 4.97. The lowest BCUT2D eigenvalue weighted by Crippen LogP contribution is -2.06. The van der Waals surface area contributed by atoms with E-state index in [1.165, 1.54) is 0 Å². The van der Waals surface area contributed by atoms with E-state index in [9.17, 15) is 19.3 Å². The fourth-order valence-electron chi connectivity index (χ4n) is 1.79. The van der Waals surface area contributed by atoms with Crippen molar-refractivity contribution in [2.75, 3.05) is 0 Å². The van der Waals surface area contributed by atoms with Crippen LogP contribution in [0.3, 0.4) is 0 Å².